The van der Waals surface area contributed by atoms with E-state index in [1.165, 1.54) is 98.9 Å². The van der Waals surface area contributed by atoms with Crippen LogP contribution in [0.25, 0.3) is 110 Å². The predicted octanol–water partition coefficient (Wildman–Crippen LogP) is 15.7. The van der Waals surface area contributed by atoms with Gasteiger partial charge in [0.25, 0.3) is 0 Å². The highest BCUT2D eigenvalue weighted by atomic mass is 15.0. The van der Waals surface area contributed by atoms with Crippen LogP contribution in [0.4, 0.5) is 0 Å². The minimum absolute atomic E-state index is 1.15. The average Bonchev–Trinajstić information content (AvgIpc) is 3.86. The Balaban J connectivity index is 1.06. The Kier molecular flexibility index (Phi) is 7.89. The van der Waals surface area contributed by atoms with Crippen molar-refractivity contribution >= 4 is 54.4 Å². The van der Waals surface area contributed by atoms with Crippen LogP contribution in [0, 0.1) is 0 Å². The summed E-state index contributed by atoms with van der Waals surface area (Å²) in [7, 11) is 0. The molecule has 0 radical (unpaired) electrons. The number of hydrogen-bond acceptors (Lipinski definition) is 0. The molecule has 0 atom stereocenters. The van der Waals surface area contributed by atoms with Gasteiger partial charge in [-0.15, -0.1) is 0 Å². The quantitative estimate of drug-likeness (QED) is 0.160. The highest BCUT2D eigenvalue weighted by molar-refractivity contribution is 6.25. The van der Waals surface area contributed by atoms with Gasteiger partial charge in [-0.3, -0.25) is 0 Å². The van der Waals surface area contributed by atoms with Gasteiger partial charge in [0.15, 0.2) is 0 Å². The third-order valence-corrected chi connectivity index (χ3v) is 12.3. The molecule has 12 aromatic rings. The van der Waals surface area contributed by atoms with E-state index in [-0.39, 0.29) is 0 Å². The van der Waals surface area contributed by atoms with Crippen molar-refractivity contribution in [2.45, 2.75) is 0 Å². The van der Waals surface area contributed by atoms with Crippen LogP contribution < -0.4 is 0 Å². The van der Waals surface area contributed by atoms with Crippen molar-refractivity contribution in [3.63, 3.8) is 0 Å². The molecule has 0 aliphatic heterocycles. The highest BCUT2D eigenvalue weighted by Crippen LogP contribution is 2.46. The highest BCUT2D eigenvalue weighted by Gasteiger charge is 2.22. The van der Waals surface area contributed by atoms with Crippen molar-refractivity contribution in [3.8, 4) is 55.9 Å². The number of hydrogen-bond donors (Lipinski definition) is 0. The fourth-order valence-electron chi connectivity index (χ4n) is 9.62. The monoisotopic (exact) mass is 762 g/mol. The van der Waals surface area contributed by atoms with Crippen molar-refractivity contribution in [1.82, 2.24) is 9.13 Å². The number of fused-ring (bicyclic) bond motifs is 8. The van der Waals surface area contributed by atoms with Gasteiger partial charge in [0, 0.05) is 43.7 Å². The Morgan fingerprint density at radius 2 is 0.833 bits per heavy atom. The van der Waals surface area contributed by atoms with Gasteiger partial charge < -0.3 is 9.13 Å². The summed E-state index contributed by atoms with van der Waals surface area (Å²) in [6, 6.07) is 84.1. The maximum Gasteiger partial charge on any atom is 0.0625 e. The van der Waals surface area contributed by atoms with Crippen molar-refractivity contribution < 1.29 is 0 Å². The number of benzene rings is 10. The molecule has 0 amide bonds. The third-order valence-electron chi connectivity index (χ3n) is 12.3. The normalized spacial score (nSPS) is 11.7. The van der Waals surface area contributed by atoms with E-state index in [9.17, 15) is 0 Å². The molecule has 0 aliphatic rings. The van der Waals surface area contributed by atoms with E-state index in [1.54, 1.807) is 0 Å². The Morgan fingerprint density at radius 3 is 1.62 bits per heavy atom. The molecule has 2 heterocycles. The minimum Gasteiger partial charge on any atom is -0.309 e. The first kappa shape index (κ1) is 34.1. The van der Waals surface area contributed by atoms with Crippen molar-refractivity contribution in [3.05, 3.63) is 231 Å². The average molecular weight is 763 g/mol. The molecular weight excluding hydrogens is 725 g/mol. The molecule has 12 rings (SSSR count). The molecule has 0 aliphatic carbocycles. The summed E-state index contributed by atoms with van der Waals surface area (Å²) in [5, 5.41) is 7.48. The zero-order valence-electron chi connectivity index (χ0n) is 32.8. The van der Waals surface area contributed by atoms with Crippen molar-refractivity contribution in [2.75, 3.05) is 0 Å². The van der Waals surface area contributed by atoms with Crippen LogP contribution in [0.3, 0.4) is 0 Å². The van der Waals surface area contributed by atoms with Crippen LogP contribution in [0.2, 0.25) is 0 Å². The Hall–Kier alpha value is -7.94. The zero-order chi connectivity index (χ0) is 39.6. The summed E-state index contributed by atoms with van der Waals surface area (Å²) < 4.78 is 4.94. The van der Waals surface area contributed by atoms with Gasteiger partial charge in [-0.1, -0.05) is 194 Å². The van der Waals surface area contributed by atoms with Gasteiger partial charge in [0.2, 0.25) is 0 Å². The maximum absolute atomic E-state index is 2.50. The van der Waals surface area contributed by atoms with Gasteiger partial charge >= 0.3 is 0 Å². The second kappa shape index (κ2) is 13.9. The SMILES string of the molecule is c1ccc(-c2ccc3c(c2)c2ccccc2n3-c2ccccc2-c2ccc(-c3ccc(-c4ccccc4)c4c3c3ccc5ccccc5c3n4-c3ccccc3)cc2)cc1. The Bertz CT molecular complexity index is 3560. The van der Waals surface area contributed by atoms with E-state index in [0.29, 0.717) is 0 Å². The first-order chi connectivity index (χ1) is 29.8. The van der Waals surface area contributed by atoms with Gasteiger partial charge in [-0.05, 0) is 75.2 Å². The minimum atomic E-state index is 1.15. The van der Waals surface area contributed by atoms with Crippen molar-refractivity contribution in [2.24, 2.45) is 0 Å². The number of para-hydroxylation sites is 3. The van der Waals surface area contributed by atoms with Gasteiger partial charge in [-0.25, -0.2) is 0 Å². The maximum atomic E-state index is 2.50. The van der Waals surface area contributed by atoms with E-state index in [0.717, 1.165) is 11.4 Å². The van der Waals surface area contributed by atoms with Crippen LogP contribution in [0.1, 0.15) is 0 Å². The summed E-state index contributed by atoms with van der Waals surface area (Å²) in [4.78, 5) is 0. The smallest absolute Gasteiger partial charge is 0.0625 e. The fourth-order valence-corrected chi connectivity index (χ4v) is 9.62. The number of aromatic nitrogens is 2. The molecule has 0 N–H and O–H groups in total. The molecule has 2 heteroatoms. The van der Waals surface area contributed by atoms with Crippen LogP contribution in [0.15, 0.2) is 231 Å². The van der Waals surface area contributed by atoms with E-state index in [2.05, 4.69) is 240 Å². The molecular formula is C58H38N2. The van der Waals surface area contributed by atoms with E-state index >= 15 is 0 Å². The number of rotatable bonds is 6. The first-order valence-electron chi connectivity index (χ1n) is 20.7. The molecule has 0 unspecified atom stereocenters. The summed E-state index contributed by atoms with van der Waals surface area (Å²) >= 11 is 0. The molecule has 2 nitrogen and oxygen atoms in total. The molecule has 280 valence electrons. The van der Waals surface area contributed by atoms with Gasteiger partial charge in [0.05, 0.1) is 27.8 Å². The zero-order valence-corrected chi connectivity index (χ0v) is 32.8. The second-order valence-electron chi connectivity index (χ2n) is 15.6. The first-order valence-corrected chi connectivity index (χ1v) is 20.7. The largest absolute Gasteiger partial charge is 0.309 e. The van der Waals surface area contributed by atoms with Crippen LogP contribution in [-0.4, -0.2) is 9.13 Å². The molecule has 0 saturated heterocycles. The molecule has 0 spiro atoms. The lowest BCUT2D eigenvalue weighted by Gasteiger charge is -2.16. The van der Waals surface area contributed by atoms with Crippen LogP contribution in [-0.2, 0) is 0 Å². The van der Waals surface area contributed by atoms with Crippen molar-refractivity contribution in [1.29, 1.82) is 0 Å². The summed E-state index contributed by atoms with van der Waals surface area (Å²) in [5.41, 5.74) is 16.8. The lowest BCUT2D eigenvalue weighted by molar-refractivity contribution is 1.18. The molecule has 0 saturated carbocycles. The van der Waals surface area contributed by atoms with Gasteiger partial charge in [-0.2, -0.15) is 0 Å². The summed E-state index contributed by atoms with van der Waals surface area (Å²) in [6.45, 7) is 0. The molecule has 0 bridgehead atoms. The van der Waals surface area contributed by atoms with E-state index < -0.39 is 0 Å². The topological polar surface area (TPSA) is 9.86 Å². The standard InChI is InChI=1S/C58H38N2/c1-4-16-39(17-5-1)44-33-37-55-52(38-44)50-25-13-15-27-54(50)60(55)53-26-14-12-23-46(53)42-28-30-43(31-29-42)47-35-36-49(40-18-6-2-7-19-40)58-56(47)51-34-32-41-20-10-11-24-48(41)57(51)59(58)45-21-8-3-9-22-45/h1-38H. The van der Waals surface area contributed by atoms with E-state index in [4.69, 9.17) is 0 Å². The fraction of sp³-hybridized carbons (Fsp3) is 0. The predicted molar refractivity (Wildman–Crippen MR) is 254 cm³/mol. The third kappa shape index (κ3) is 5.35. The van der Waals surface area contributed by atoms with Crippen LogP contribution >= 0.6 is 0 Å². The van der Waals surface area contributed by atoms with Crippen LogP contribution in [0.5, 0.6) is 0 Å². The lowest BCUT2D eigenvalue weighted by atomic mass is 9.93. The number of nitrogens with zero attached hydrogens (tertiary/aromatic N) is 2. The second-order valence-corrected chi connectivity index (χ2v) is 15.6. The molecule has 60 heavy (non-hydrogen) atoms. The van der Waals surface area contributed by atoms with E-state index in [1.807, 2.05) is 0 Å². The molecule has 2 aromatic heterocycles. The van der Waals surface area contributed by atoms with Gasteiger partial charge in [0.1, 0.15) is 0 Å². The summed E-state index contributed by atoms with van der Waals surface area (Å²) in [5.74, 6) is 0. The Labute approximate surface area is 348 Å². The summed E-state index contributed by atoms with van der Waals surface area (Å²) in [6.07, 6.45) is 0. The lowest BCUT2D eigenvalue weighted by Crippen LogP contribution is -1.97. The molecule has 0 fully saturated rings. The Morgan fingerprint density at radius 1 is 0.267 bits per heavy atom. The molecule has 10 aromatic carbocycles.